The Hall–Kier alpha value is -1.44. The molecule has 2 heterocycles. The lowest BCUT2D eigenvalue weighted by molar-refractivity contribution is 0.0247. The second-order valence-electron chi connectivity index (χ2n) is 4.50. The van der Waals surface area contributed by atoms with Crippen molar-refractivity contribution >= 4 is 11.6 Å². The first-order chi connectivity index (χ1) is 9.31. The first kappa shape index (κ1) is 14.0. The first-order valence-electron chi connectivity index (χ1n) is 6.51. The Labute approximate surface area is 112 Å². The average molecular weight is 267 g/mol. The maximum absolute atomic E-state index is 5.66. The molecule has 1 unspecified atom stereocenters. The lowest BCUT2D eigenvalue weighted by atomic mass is 10.1. The van der Waals surface area contributed by atoms with Crippen LogP contribution in [0.1, 0.15) is 25.1 Å². The lowest BCUT2D eigenvalue weighted by Gasteiger charge is -2.23. The highest BCUT2D eigenvalue weighted by atomic mass is 16.5. The summed E-state index contributed by atoms with van der Waals surface area (Å²) < 4.78 is 10.7. The summed E-state index contributed by atoms with van der Waals surface area (Å²) >= 11 is 0. The van der Waals surface area contributed by atoms with Crippen molar-refractivity contribution in [3.63, 3.8) is 0 Å². The summed E-state index contributed by atoms with van der Waals surface area (Å²) in [5, 5.41) is 3.26. The van der Waals surface area contributed by atoms with E-state index in [4.69, 9.17) is 15.3 Å². The Balaban J connectivity index is 1.95. The van der Waals surface area contributed by atoms with Crippen LogP contribution in [-0.4, -0.2) is 36.3 Å². The standard InChI is InChI=1S/C12H21N5O2/c1-18-8-12-15-10(6-11(16-12)17-13)14-7-9-4-2-3-5-19-9/h6,9H,2-5,7-8,13H2,1H3,(H2,14,15,16,17). The molecule has 0 spiro atoms. The van der Waals surface area contributed by atoms with Crippen molar-refractivity contribution in [1.82, 2.24) is 9.97 Å². The summed E-state index contributed by atoms with van der Waals surface area (Å²) in [5.74, 6) is 7.27. The van der Waals surface area contributed by atoms with E-state index in [9.17, 15) is 0 Å². The minimum atomic E-state index is 0.254. The normalized spacial score (nSPS) is 19.2. The van der Waals surface area contributed by atoms with E-state index in [1.165, 1.54) is 6.42 Å². The minimum absolute atomic E-state index is 0.254. The van der Waals surface area contributed by atoms with Gasteiger partial charge in [0.1, 0.15) is 18.2 Å². The van der Waals surface area contributed by atoms with Crippen molar-refractivity contribution in [2.24, 2.45) is 5.84 Å². The first-order valence-corrected chi connectivity index (χ1v) is 6.51. The van der Waals surface area contributed by atoms with Gasteiger partial charge in [-0.3, -0.25) is 0 Å². The van der Waals surface area contributed by atoms with E-state index in [1.54, 1.807) is 13.2 Å². The van der Waals surface area contributed by atoms with Gasteiger partial charge in [-0.25, -0.2) is 15.8 Å². The van der Waals surface area contributed by atoms with Crippen LogP contribution in [0.5, 0.6) is 0 Å². The number of hydrogen-bond donors (Lipinski definition) is 3. The van der Waals surface area contributed by atoms with Crippen LogP contribution in [0.15, 0.2) is 6.07 Å². The van der Waals surface area contributed by atoms with Gasteiger partial charge in [-0.1, -0.05) is 0 Å². The van der Waals surface area contributed by atoms with Crippen molar-refractivity contribution < 1.29 is 9.47 Å². The fourth-order valence-electron chi connectivity index (χ4n) is 2.04. The number of methoxy groups -OCH3 is 1. The molecule has 1 aromatic heterocycles. The molecule has 0 bridgehead atoms. The number of nitrogens with one attached hydrogen (secondary N) is 2. The van der Waals surface area contributed by atoms with Crippen molar-refractivity contribution in [3.05, 3.63) is 11.9 Å². The van der Waals surface area contributed by atoms with Gasteiger partial charge >= 0.3 is 0 Å². The van der Waals surface area contributed by atoms with Crippen molar-refractivity contribution in [2.45, 2.75) is 32.0 Å². The summed E-state index contributed by atoms with van der Waals surface area (Å²) in [5.41, 5.74) is 2.53. The Kier molecular flexibility index (Phi) is 5.31. The van der Waals surface area contributed by atoms with E-state index in [0.717, 1.165) is 31.8 Å². The highest BCUT2D eigenvalue weighted by Gasteiger charge is 2.14. The van der Waals surface area contributed by atoms with Gasteiger partial charge in [0.2, 0.25) is 0 Å². The van der Waals surface area contributed by atoms with Gasteiger partial charge in [0, 0.05) is 26.3 Å². The molecule has 1 aliphatic rings. The molecule has 1 saturated heterocycles. The minimum Gasteiger partial charge on any atom is -0.377 e. The number of aromatic nitrogens is 2. The third-order valence-electron chi connectivity index (χ3n) is 2.98. The molecular formula is C12H21N5O2. The van der Waals surface area contributed by atoms with Crippen LogP contribution in [0.4, 0.5) is 11.6 Å². The van der Waals surface area contributed by atoms with Crippen LogP contribution in [0.2, 0.25) is 0 Å². The Bertz CT molecular complexity index is 396. The quantitative estimate of drug-likeness (QED) is 0.520. The maximum Gasteiger partial charge on any atom is 0.158 e. The van der Waals surface area contributed by atoms with Gasteiger partial charge in [0.05, 0.1) is 6.10 Å². The average Bonchev–Trinajstić information content (AvgIpc) is 2.46. The van der Waals surface area contributed by atoms with Crippen molar-refractivity contribution in [3.8, 4) is 0 Å². The van der Waals surface area contributed by atoms with Crippen LogP contribution in [-0.2, 0) is 16.1 Å². The molecule has 4 N–H and O–H groups in total. The van der Waals surface area contributed by atoms with Gasteiger partial charge in [-0.2, -0.15) is 0 Å². The molecule has 0 amide bonds. The van der Waals surface area contributed by atoms with Crippen LogP contribution in [0, 0.1) is 0 Å². The van der Waals surface area contributed by atoms with Gasteiger partial charge in [-0.05, 0) is 19.3 Å². The molecule has 1 aliphatic heterocycles. The van der Waals surface area contributed by atoms with Gasteiger partial charge in [-0.15, -0.1) is 0 Å². The molecule has 19 heavy (non-hydrogen) atoms. The maximum atomic E-state index is 5.66. The highest BCUT2D eigenvalue weighted by Crippen LogP contribution is 2.15. The smallest absolute Gasteiger partial charge is 0.158 e. The van der Waals surface area contributed by atoms with Gasteiger partial charge in [0.25, 0.3) is 0 Å². The summed E-state index contributed by atoms with van der Waals surface area (Å²) in [6, 6.07) is 1.77. The van der Waals surface area contributed by atoms with Crippen molar-refractivity contribution in [2.75, 3.05) is 31.0 Å². The number of nitrogens with zero attached hydrogens (tertiary/aromatic N) is 2. The van der Waals surface area contributed by atoms with E-state index in [2.05, 4.69) is 20.7 Å². The number of hydrogen-bond acceptors (Lipinski definition) is 7. The molecular weight excluding hydrogens is 246 g/mol. The number of rotatable bonds is 6. The molecule has 1 aromatic rings. The second kappa shape index (κ2) is 7.22. The van der Waals surface area contributed by atoms with Crippen LogP contribution < -0.4 is 16.6 Å². The predicted octanol–water partition coefficient (Wildman–Crippen LogP) is 0.890. The monoisotopic (exact) mass is 267 g/mol. The number of hydrazine groups is 1. The molecule has 0 radical (unpaired) electrons. The highest BCUT2D eigenvalue weighted by molar-refractivity contribution is 5.46. The Morgan fingerprint density at radius 2 is 2.26 bits per heavy atom. The van der Waals surface area contributed by atoms with E-state index in [-0.39, 0.29) is 6.10 Å². The predicted molar refractivity (Wildman–Crippen MR) is 72.6 cm³/mol. The van der Waals surface area contributed by atoms with Gasteiger partial charge in [0.15, 0.2) is 5.82 Å². The zero-order chi connectivity index (χ0) is 13.5. The molecule has 1 fully saturated rings. The number of anilines is 2. The summed E-state index contributed by atoms with van der Waals surface area (Å²) in [7, 11) is 1.61. The van der Waals surface area contributed by atoms with E-state index in [0.29, 0.717) is 18.2 Å². The van der Waals surface area contributed by atoms with Crippen molar-refractivity contribution in [1.29, 1.82) is 0 Å². The number of nitrogens with two attached hydrogens (primary N) is 1. The zero-order valence-corrected chi connectivity index (χ0v) is 11.2. The number of nitrogen functional groups attached to an aromatic ring is 1. The zero-order valence-electron chi connectivity index (χ0n) is 11.2. The SMILES string of the molecule is COCc1nc(NN)cc(NCC2CCCCO2)n1. The summed E-state index contributed by atoms with van der Waals surface area (Å²) in [4.78, 5) is 8.55. The van der Waals surface area contributed by atoms with Crippen LogP contribution in [0.3, 0.4) is 0 Å². The van der Waals surface area contributed by atoms with Crippen LogP contribution in [0.25, 0.3) is 0 Å². The number of ether oxygens (including phenoxy) is 2. The summed E-state index contributed by atoms with van der Waals surface area (Å²) in [6.45, 7) is 1.94. The largest absolute Gasteiger partial charge is 0.377 e. The van der Waals surface area contributed by atoms with Crippen LogP contribution >= 0.6 is 0 Å². The fraction of sp³-hybridized carbons (Fsp3) is 0.667. The molecule has 1 atom stereocenters. The van der Waals surface area contributed by atoms with E-state index >= 15 is 0 Å². The van der Waals surface area contributed by atoms with E-state index in [1.807, 2.05) is 0 Å². The molecule has 106 valence electrons. The Morgan fingerprint density at radius 3 is 2.95 bits per heavy atom. The van der Waals surface area contributed by atoms with E-state index < -0.39 is 0 Å². The molecule has 2 rings (SSSR count). The summed E-state index contributed by atoms with van der Waals surface area (Å²) in [6.07, 6.45) is 3.72. The molecule has 7 nitrogen and oxygen atoms in total. The lowest BCUT2D eigenvalue weighted by Crippen LogP contribution is -2.27. The topological polar surface area (TPSA) is 94.3 Å². The van der Waals surface area contributed by atoms with Gasteiger partial charge < -0.3 is 20.2 Å². The third-order valence-corrected chi connectivity index (χ3v) is 2.98. The molecule has 7 heteroatoms. The Morgan fingerprint density at radius 1 is 1.42 bits per heavy atom. The fourth-order valence-corrected chi connectivity index (χ4v) is 2.04. The molecule has 0 aromatic carbocycles. The molecule has 0 saturated carbocycles. The molecule has 0 aliphatic carbocycles. The third kappa shape index (κ3) is 4.30. The second-order valence-corrected chi connectivity index (χ2v) is 4.50.